The summed E-state index contributed by atoms with van der Waals surface area (Å²) in [6.45, 7) is 10.8. The van der Waals surface area contributed by atoms with E-state index >= 15 is 0 Å². The SMILES string of the molecule is C=CCN1CCCC(c2ccc(C(O)(CC)CC)cc2)(c2cccc(O)c2)C1. The van der Waals surface area contributed by atoms with Gasteiger partial charge in [-0.05, 0) is 61.1 Å². The van der Waals surface area contributed by atoms with E-state index in [1.807, 2.05) is 32.1 Å². The summed E-state index contributed by atoms with van der Waals surface area (Å²) in [5.74, 6) is 0.306. The fraction of sp³-hybridized carbons (Fsp3) is 0.440. The third-order valence-corrected chi connectivity index (χ3v) is 6.50. The molecule has 2 aromatic carbocycles. The molecule has 0 radical (unpaired) electrons. The maximum absolute atomic E-state index is 10.9. The smallest absolute Gasteiger partial charge is 0.115 e. The molecule has 1 atom stereocenters. The van der Waals surface area contributed by atoms with Crippen LogP contribution in [0.5, 0.6) is 5.75 Å². The molecule has 3 rings (SSSR count). The van der Waals surface area contributed by atoms with Crippen molar-refractivity contribution in [1.82, 2.24) is 4.90 Å². The Hall–Kier alpha value is -2.10. The van der Waals surface area contributed by atoms with Crippen molar-refractivity contribution in [1.29, 1.82) is 0 Å². The van der Waals surface area contributed by atoms with Crippen molar-refractivity contribution in [2.24, 2.45) is 0 Å². The van der Waals surface area contributed by atoms with Gasteiger partial charge in [0, 0.05) is 18.5 Å². The molecule has 1 unspecified atom stereocenters. The van der Waals surface area contributed by atoms with Gasteiger partial charge in [-0.3, -0.25) is 4.90 Å². The Morgan fingerprint density at radius 1 is 1.11 bits per heavy atom. The van der Waals surface area contributed by atoms with Gasteiger partial charge in [-0.25, -0.2) is 0 Å². The quantitative estimate of drug-likeness (QED) is 0.668. The summed E-state index contributed by atoms with van der Waals surface area (Å²) in [6, 6.07) is 16.2. The third-order valence-electron chi connectivity index (χ3n) is 6.50. The van der Waals surface area contributed by atoms with Crippen molar-refractivity contribution in [2.75, 3.05) is 19.6 Å². The van der Waals surface area contributed by atoms with Crippen molar-refractivity contribution >= 4 is 0 Å². The van der Waals surface area contributed by atoms with Gasteiger partial charge in [0.15, 0.2) is 0 Å². The van der Waals surface area contributed by atoms with Crippen LogP contribution in [0.15, 0.2) is 61.2 Å². The minimum Gasteiger partial charge on any atom is -0.508 e. The van der Waals surface area contributed by atoms with Crippen LogP contribution in [0, 0.1) is 0 Å². The topological polar surface area (TPSA) is 43.7 Å². The molecule has 1 heterocycles. The first-order valence-corrected chi connectivity index (χ1v) is 10.4. The van der Waals surface area contributed by atoms with E-state index in [9.17, 15) is 10.2 Å². The third kappa shape index (κ3) is 3.87. The molecule has 1 aliphatic heterocycles. The number of benzene rings is 2. The van der Waals surface area contributed by atoms with Crippen LogP contribution in [0.4, 0.5) is 0 Å². The molecule has 2 aromatic rings. The Balaban J connectivity index is 2.06. The molecule has 0 bridgehead atoms. The molecule has 3 nitrogen and oxygen atoms in total. The summed E-state index contributed by atoms with van der Waals surface area (Å²) in [5.41, 5.74) is 2.43. The molecule has 150 valence electrons. The lowest BCUT2D eigenvalue weighted by Crippen LogP contribution is -2.46. The molecule has 1 aliphatic rings. The Morgan fingerprint density at radius 2 is 1.82 bits per heavy atom. The number of hydrogen-bond acceptors (Lipinski definition) is 3. The fourth-order valence-corrected chi connectivity index (χ4v) is 4.68. The number of phenols is 1. The molecule has 0 amide bonds. The van der Waals surface area contributed by atoms with Crippen molar-refractivity contribution in [3.8, 4) is 5.75 Å². The maximum Gasteiger partial charge on any atom is 0.115 e. The highest BCUT2D eigenvalue weighted by atomic mass is 16.3. The molecular formula is C25H33NO2. The van der Waals surface area contributed by atoms with E-state index in [1.165, 1.54) is 5.56 Å². The van der Waals surface area contributed by atoms with Crippen LogP contribution >= 0.6 is 0 Å². The van der Waals surface area contributed by atoms with Gasteiger partial charge in [0.2, 0.25) is 0 Å². The normalized spacial score (nSPS) is 20.8. The summed E-state index contributed by atoms with van der Waals surface area (Å²) in [6.07, 6.45) is 5.50. The molecule has 3 heteroatoms. The monoisotopic (exact) mass is 379 g/mol. The number of rotatable bonds is 7. The number of piperidine rings is 1. The first-order chi connectivity index (χ1) is 13.5. The average Bonchev–Trinajstić information content (AvgIpc) is 2.73. The van der Waals surface area contributed by atoms with Crippen LogP contribution in [-0.4, -0.2) is 34.7 Å². The second-order valence-electron chi connectivity index (χ2n) is 8.08. The highest BCUT2D eigenvalue weighted by Crippen LogP contribution is 2.42. The summed E-state index contributed by atoms with van der Waals surface area (Å²) >= 11 is 0. The van der Waals surface area contributed by atoms with Gasteiger partial charge < -0.3 is 10.2 Å². The van der Waals surface area contributed by atoms with E-state index in [2.05, 4.69) is 41.8 Å². The Morgan fingerprint density at radius 3 is 2.43 bits per heavy atom. The van der Waals surface area contributed by atoms with Gasteiger partial charge in [-0.1, -0.05) is 56.3 Å². The number of aromatic hydroxyl groups is 1. The predicted octanol–water partition coefficient (Wildman–Crippen LogP) is 4.97. The van der Waals surface area contributed by atoms with Crippen LogP contribution in [-0.2, 0) is 11.0 Å². The van der Waals surface area contributed by atoms with Crippen LogP contribution in [0.3, 0.4) is 0 Å². The van der Waals surface area contributed by atoms with Gasteiger partial charge in [0.25, 0.3) is 0 Å². The van der Waals surface area contributed by atoms with E-state index in [0.717, 1.165) is 43.6 Å². The van der Waals surface area contributed by atoms with E-state index in [1.54, 1.807) is 6.07 Å². The van der Waals surface area contributed by atoms with Gasteiger partial charge in [0.1, 0.15) is 5.75 Å². The maximum atomic E-state index is 10.9. The summed E-state index contributed by atoms with van der Waals surface area (Å²) in [5, 5.41) is 21.0. The summed E-state index contributed by atoms with van der Waals surface area (Å²) < 4.78 is 0. The highest BCUT2D eigenvalue weighted by molar-refractivity contribution is 5.44. The minimum atomic E-state index is -0.766. The van der Waals surface area contributed by atoms with E-state index in [0.29, 0.717) is 18.6 Å². The lowest BCUT2D eigenvalue weighted by Gasteiger charge is -2.44. The zero-order valence-corrected chi connectivity index (χ0v) is 17.2. The second kappa shape index (κ2) is 8.50. The van der Waals surface area contributed by atoms with Crippen molar-refractivity contribution in [2.45, 2.75) is 50.5 Å². The lowest BCUT2D eigenvalue weighted by atomic mass is 9.68. The lowest BCUT2D eigenvalue weighted by molar-refractivity contribution is 0.0283. The summed E-state index contributed by atoms with van der Waals surface area (Å²) in [4.78, 5) is 2.43. The van der Waals surface area contributed by atoms with E-state index in [-0.39, 0.29) is 5.41 Å². The number of nitrogens with zero attached hydrogens (tertiary/aromatic N) is 1. The van der Waals surface area contributed by atoms with Crippen LogP contribution in [0.2, 0.25) is 0 Å². The standard InChI is InChI=1S/C25H33NO2/c1-4-16-26-17-8-15-24(19-26,22-9-7-10-23(27)18-22)20-11-13-21(14-12-20)25(28,5-2)6-3/h4,7,9-14,18,27-28H,1,5-6,8,15-17,19H2,2-3H3. The molecule has 0 aliphatic carbocycles. The first-order valence-electron chi connectivity index (χ1n) is 10.4. The van der Waals surface area contributed by atoms with Gasteiger partial charge in [0.05, 0.1) is 5.60 Å². The molecule has 2 N–H and O–H groups in total. The van der Waals surface area contributed by atoms with Crippen molar-refractivity contribution in [3.63, 3.8) is 0 Å². The minimum absolute atomic E-state index is 0.172. The Bertz CT molecular complexity index is 794. The average molecular weight is 380 g/mol. The van der Waals surface area contributed by atoms with Crippen LogP contribution in [0.25, 0.3) is 0 Å². The zero-order valence-electron chi connectivity index (χ0n) is 17.2. The summed E-state index contributed by atoms with van der Waals surface area (Å²) in [7, 11) is 0. The molecule has 28 heavy (non-hydrogen) atoms. The van der Waals surface area contributed by atoms with Gasteiger partial charge in [-0.2, -0.15) is 0 Å². The van der Waals surface area contributed by atoms with Crippen LogP contribution < -0.4 is 0 Å². The molecule has 0 saturated carbocycles. The van der Waals surface area contributed by atoms with Crippen LogP contribution in [0.1, 0.15) is 56.2 Å². The number of hydrogen-bond donors (Lipinski definition) is 2. The Labute approximate surface area is 169 Å². The largest absolute Gasteiger partial charge is 0.508 e. The second-order valence-corrected chi connectivity index (χ2v) is 8.08. The Kier molecular flexibility index (Phi) is 6.26. The van der Waals surface area contributed by atoms with E-state index < -0.39 is 5.60 Å². The van der Waals surface area contributed by atoms with Gasteiger partial charge in [-0.15, -0.1) is 6.58 Å². The first kappa shape index (κ1) is 20.6. The van der Waals surface area contributed by atoms with Gasteiger partial charge >= 0.3 is 0 Å². The predicted molar refractivity (Wildman–Crippen MR) is 116 cm³/mol. The van der Waals surface area contributed by atoms with E-state index in [4.69, 9.17) is 0 Å². The van der Waals surface area contributed by atoms with Crippen molar-refractivity contribution in [3.05, 3.63) is 77.9 Å². The molecule has 0 spiro atoms. The number of aliphatic hydroxyl groups is 1. The molecule has 1 fully saturated rings. The highest BCUT2D eigenvalue weighted by Gasteiger charge is 2.39. The fourth-order valence-electron chi connectivity index (χ4n) is 4.68. The molecule has 1 saturated heterocycles. The number of likely N-dealkylation sites (tertiary alicyclic amines) is 1. The molecular weight excluding hydrogens is 346 g/mol. The molecule has 0 aromatic heterocycles. The van der Waals surface area contributed by atoms with Crippen molar-refractivity contribution < 1.29 is 10.2 Å². The zero-order chi connectivity index (χ0) is 20.2. The number of phenolic OH excluding ortho intramolecular Hbond substituents is 1.